The van der Waals surface area contributed by atoms with Gasteiger partial charge >= 0.3 is 5.97 Å². The van der Waals surface area contributed by atoms with Gasteiger partial charge in [0.05, 0.1) is 5.75 Å². The molecule has 0 aromatic rings. The van der Waals surface area contributed by atoms with Crippen LogP contribution in [0, 0.1) is 0 Å². The minimum Gasteiger partial charge on any atom is -0.480 e. The number of hydrogen-bond donors (Lipinski definition) is 3. The minimum atomic E-state index is -1.50. The number of carbonyl (C=O) groups excluding carboxylic acids is 2. The van der Waals surface area contributed by atoms with Crippen molar-refractivity contribution >= 4 is 28.6 Å². The summed E-state index contributed by atoms with van der Waals surface area (Å²) in [5.74, 6) is -2.61. The van der Waals surface area contributed by atoms with Crippen molar-refractivity contribution in [3.05, 3.63) is 0 Å². The van der Waals surface area contributed by atoms with Crippen molar-refractivity contribution in [3.63, 3.8) is 0 Å². The van der Waals surface area contributed by atoms with Gasteiger partial charge in [0.1, 0.15) is 6.04 Å². The lowest BCUT2D eigenvalue weighted by atomic mass is 10.3. The molecule has 92 valence electrons. The SMILES string of the molecule is CC(=O)N[C@@H](CS(=O)[13CH2][13CH2][13C](N)=O)C(=O)O. The Labute approximate surface area is 94.8 Å². The van der Waals surface area contributed by atoms with Crippen molar-refractivity contribution in [2.24, 2.45) is 5.73 Å². The Hall–Kier alpha value is -1.44. The molecule has 0 aliphatic rings. The van der Waals surface area contributed by atoms with Crippen LogP contribution in [-0.2, 0) is 25.2 Å². The van der Waals surface area contributed by atoms with Gasteiger partial charge in [0.25, 0.3) is 0 Å². The average molecular weight is 253 g/mol. The normalized spacial score (nSPS) is 13.8. The van der Waals surface area contributed by atoms with Crippen molar-refractivity contribution in [1.29, 1.82) is 0 Å². The number of hydrogen-bond acceptors (Lipinski definition) is 4. The number of carbonyl (C=O) groups is 3. The number of nitrogens with one attached hydrogen (secondary N) is 1. The Morgan fingerprint density at radius 2 is 2.00 bits per heavy atom. The molecule has 0 saturated carbocycles. The molecule has 0 spiro atoms. The highest BCUT2D eigenvalue weighted by molar-refractivity contribution is 7.85. The van der Waals surface area contributed by atoms with Crippen molar-refractivity contribution in [1.82, 2.24) is 5.32 Å². The van der Waals surface area contributed by atoms with Crippen LogP contribution in [0.4, 0.5) is 0 Å². The van der Waals surface area contributed by atoms with Gasteiger partial charge in [-0.25, -0.2) is 4.79 Å². The monoisotopic (exact) mass is 253 g/mol. The van der Waals surface area contributed by atoms with Crippen molar-refractivity contribution in [2.75, 3.05) is 11.5 Å². The van der Waals surface area contributed by atoms with Gasteiger partial charge in [-0.05, 0) is 0 Å². The van der Waals surface area contributed by atoms with E-state index in [-0.39, 0.29) is 17.9 Å². The summed E-state index contributed by atoms with van der Waals surface area (Å²) in [6.07, 6.45) is -0.0704. The summed E-state index contributed by atoms with van der Waals surface area (Å²) in [6.45, 7) is 1.17. The largest absolute Gasteiger partial charge is 0.480 e. The molecule has 0 saturated heterocycles. The highest BCUT2D eigenvalue weighted by Crippen LogP contribution is 1.94. The summed E-state index contributed by atoms with van der Waals surface area (Å²) in [6, 6.07) is -1.20. The van der Waals surface area contributed by atoms with Crippen LogP contribution in [0.15, 0.2) is 0 Å². The lowest BCUT2D eigenvalue weighted by Gasteiger charge is -2.12. The maximum atomic E-state index is 11.3. The van der Waals surface area contributed by atoms with Gasteiger partial charge in [-0.2, -0.15) is 0 Å². The fourth-order valence-corrected chi connectivity index (χ4v) is 2.10. The average Bonchev–Trinajstić information content (AvgIpc) is 2.12. The standard InChI is InChI=1S/C8H14N2O5S/c1-5(11)10-6(8(13)14)4-16(15)3-2-7(9)12/h6H,2-4H2,1H3,(H2,9,12)(H,10,11)(H,13,14)/t6-,16?/m0/s1/i2+1,3+1,7+1. The molecule has 8 heteroatoms. The second-order valence-corrected chi connectivity index (χ2v) is 4.74. The third-order valence-electron chi connectivity index (χ3n) is 1.60. The first-order valence-corrected chi connectivity index (χ1v) is 5.95. The number of carboxylic acid groups (broad SMARTS) is 1. The van der Waals surface area contributed by atoms with Crippen LogP contribution >= 0.6 is 0 Å². The van der Waals surface area contributed by atoms with Crippen molar-refractivity contribution < 1.29 is 23.7 Å². The predicted molar refractivity (Wildman–Crippen MR) is 56.9 cm³/mol. The summed E-state index contributed by atoms with van der Waals surface area (Å²) in [5.41, 5.74) is 4.85. The first-order chi connectivity index (χ1) is 7.32. The van der Waals surface area contributed by atoms with Gasteiger partial charge in [-0.15, -0.1) is 0 Å². The molecule has 0 aromatic heterocycles. The molecular weight excluding hydrogens is 239 g/mol. The number of rotatable bonds is 7. The van der Waals surface area contributed by atoms with Gasteiger partial charge in [0, 0.05) is 29.9 Å². The van der Waals surface area contributed by atoms with Crippen LogP contribution in [0.1, 0.15) is 13.3 Å². The molecule has 2 atom stereocenters. The maximum absolute atomic E-state index is 11.3. The topological polar surface area (TPSA) is 127 Å². The fourth-order valence-electron chi connectivity index (χ4n) is 0.904. The van der Waals surface area contributed by atoms with Crippen LogP contribution in [0.25, 0.3) is 0 Å². The molecule has 4 N–H and O–H groups in total. The lowest BCUT2D eigenvalue weighted by molar-refractivity contribution is -0.140. The zero-order chi connectivity index (χ0) is 12.7. The molecule has 0 heterocycles. The van der Waals surface area contributed by atoms with Gasteiger partial charge in [0.15, 0.2) is 0 Å². The van der Waals surface area contributed by atoms with E-state index >= 15 is 0 Å². The Kier molecular flexibility index (Phi) is 6.31. The molecule has 0 radical (unpaired) electrons. The van der Waals surface area contributed by atoms with E-state index in [1.54, 1.807) is 0 Å². The van der Waals surface area contributed by atoms with E-state index in [0.29, 0.717) is 0 Å². The Morgan fingerprint density at radius 3 is 2.38 bits per heavy atom. The number of nitrogens with two attached hydrogens (primary N) is 1. The number of aliphatic carboxylic acids is 1. The Bertz CT molecular complexity index is 318. The quantitative estimate of drug-likeness (QED) is 0.461. The molecule has 0 aliphatic heterocycles. The summed E-state index contributed by atoms with van der Waals surface area (Å²) < 4.78 is 11.3. The molecule has 0 fully saturated rings. The van der Waals surface area contributed by atoms with Gasteiger partial charge in [-0.3, -0.25) is 13.8 Å². The van der Waals surface area contributed by atoms with Crippen LogP contribution in [0.2, 0.25) is 0 Å². The summed E-state index contributed by atoms with van der Waals surface area (Å²) in [5, 5.41) is 10.9. The Balaban J connectivity index is 4.18. The predicted octanol–water partition coefficient (Wildman–Crippen LogP) is -1.80. The molecule has 2 amide bonds. The van der Waals surface area contributed by atoms with Crippen molar-refractivity contribution in [3.8, 4) is 0 Å². The maximum Gasteiger partial charge on any atom is 0.327 e. The fraction of sp³-hybridized carbons (Fsp3) is 0.625. The second kappa shape index (κ2) is 6.94. The summed E-state index contributed by atoms with van der Waals surface area (Å²) in [7, 11) is -1.50. The second-order valence-electron chi connectivity index (χ2n) is 3.12. The van der Waals surface area contributed by atoms with Crippen molar-refractivity contribution in [2.45, 2.75) is 19.4 Å². The van der Waals surface area contributed by atoms with E-state index in [9.17, 15) is 18.6 Å². The summed E-state index contributed by atoms with van der Waals surface area (Å²) >= 11 is 0. The van der Waals surface area contributed by atoms with Crippen LogP contribution in [-0.4, -0.2) is 44.6 Å². The molecule has 1 unspecified atom stereocenters. The molecule has 0 aliphatic carbocycles. The zero-order valence-corrected chi connectivity index (χ0v) is 9.58. The summed E-state index contributed by atoms with van der Waals surface area (Å²) in [4.78, 5) is 31.7. The number of primary amides is 1. The number of carboxylic acids is 1. The van der Waals surface area contributed by atoms with E-state index in [1.807, 2.05) is 0 Å². The first-order valence-electron chi connectivity index (χ1n) is 4.46. The highest BCUT2D eigenvalue weighted by atomic mass is 32.2. The minimum absolute atomic E-state index is 0.00129. The number of amides is 2. The lowest BCUT2D eigenvalue weighted by Crippen LogP contribution is -2.43. The van der Waals surface area contributed by atoms with Crippen LogP contribution < -0.4 is 11.1 Å². The Morgan fingerprint density at radius 1 is 1.44 bits per heavy atom. The van der Waals surface area contributed by atoms with Crippen LogP contribution in [0.5, 0.6) is 0 Å². The van der Waals surface area contributed by atoms with Crippen LogP contribution in [0.3, 0.4) is 0 Å². The zero-order valence-electron chi connectivity index (χ0n) is 8.76. The van der Waals surface area contributed by atoms with E-state index in [4.69, 9.17) is 10.8 Å². The molecule has 16 heavy (non-hydrogen) atoms. The van der Waals surface area contributed by atoms with E-state index in [0.717, 1.165) is 0 Å². The van der Waals surface area contributed by atoms with Gasteiger partial charge in [0.2, 0.25) is 11.8 Å². The third-order valence-corrected chi connectivity index (χ3v) is 2.97. The van der Waals surface area contributed by atoms with E-state index in [2.05, 4.69) is 5.32 Å². The highest BCUT2D eigenvalue weighted by Gasteiger charge is 2.21. The third kappa shape index (κ3) is 6.93. The van der Waals surface area contributed by atoms with Gasteiger partial charge < -0.3 is 16.2 Å². The molecule has 7 nitrogen and oxygen atoms in total. The van der Waals surface area contributed by atoms with E-state index in [1.165, 1.54) is 6.92 Å². The first kappa shape index (κ1) is 14.6. The molecule has 0 rings (SSSR count). The molecule has 0 bridgehead atoms. The van der Waals surface area contributed by atoms with E-state index < -0.39 is 34.6 Å². The molecule has 0 aromatic carbocycles. The van der Waals surface area contributed by atoms with Gasteiger partial charge in [-0.1, -0.05) is 0 Å². The molecular formula is C8H14N2O5S. The smallest absolute Gasteiger partial charge is 0.327 e.